The first kappa shape index (κ1) is 20.2. The number of ether oxygens (including phenoxy) is 1. The first-order valence-electron chi connectivity index (χ1n) is 8.71. The van der Waals surface area contributed by atoms with Gasteiger partial charge in [0.25, 0.3) is 0 Å². The van der Waals surface area contributed by atoms with E-state index in [0.29, 0.717) is 22.1 Å². The highest BCUT2D eigenvalue weighted by molar-refractivity contribution is 6.36. The number of aromatic nitrogens is 2. The molecule has 0 amide bonds. The fraction of sp³-hybridized carbons (Fsp3) is 0.100. The predicted octanol–water partition coefficient (Wildman–Crippen LogP) is 5.97. The molecule has 3 heterocycles. The fourth-order valence-corrected chi connectivity index (χ4v) is 3.76. The Bertz CT molecular complexity index is 1230. The molecule has 0 aliphatic rings. The first-order valence-corrected chi connectivity index (χ1v) is 9.46. The van der Waals surface area contributed by atoms with Gasteiger partial charge in [-0.3, -0.25) is 0 Å². The number of nitrogens with two attached hydrogens (primary N) is 1. The van der Waals surface area contributed by atoms with Crippen LogP contribution in [0.5, 0.6) is 5.75 Å². The number of nitrogens with zero attached hydrogens (tertiary/aromatic N) is 2. The zero-order valence-electron chi connectivity index (χ0n) is 15.4. The highest BCUT2D eigenvalue weighted by Gasteiger charge is 2.23. The number of nitrogens with one attached hydrogen (secondary N) is 1. The third-order valence-electron chi connectivity index (χ3n) is 4.56. The van der Waals surface area contributed by atoms with Gasteiger partial charge in [0.1, 0.15) is 17.7 Å². The summed E-state index contributed by atoms with van der Waals surface area (Å²) >= 11 is 12.3. The molecule has 0 aliphatic heterocycles. The van der Waals surface area contributed by atoms with Crippen LogP contribution < -0.4 is 16.0 Å². The third-order valence-corrected chi connectivity index (χ3v) is 5.27. The number of benzene rings is 1. The van der Waals surface area contributed by atoms with Crippen LogP contribution in [0.15, 0.2) is 47.3 Å². The van der Waals surface area contributed by atoms with Crippen LogP contribution in [0.2, 0.25) is 10.0 Å². The van der Waals surface area contributed by atoms with E-state index in [4.69, 9.17) is 38.1 Å². The number of halogens is 3. The summed E-state index contributed by atoms with van der Waals surface area (Å²) in [4.78, 5) is 8.19. The van der Waals surface area contributed by atoms with Gasteiger partial charge in [0.05, 0.1) is 16.7 Å². The minimum absolute atomic E-state index is 0.0860. The number of hydrogen-bond acceptors (Lipinski definition) is 7. The summed E-state index contributed by atoms with van der Waals surface area (Å²) in [6.45, 7) is 1.66. The van der Waals surface area contributed by atoms with Gasteiger partial charge in [-0.05, 0) is 31.2 Å². The molecule has 0 unspecified atom stereocenters. The fourth-order valence-electron chi connectivity index (χ4n) is 3.08. The minimum Gasteiger partial charge on any atom is -0.760 e. The standard InChI is InChI=1S/C20H14Cl2FN4O3/c1-9(16-13(21)3-4-14(23)17(16)22)30-19-18-11(7-26-20(19)24)12(8-29-18)10-2-5-15(27-28)25-6-10/h2-9H,1H3,(H3-,24,25,26,27,28)/q-1/t9-/m1/s1. The van der Waals surface area contributed by atoms with Crippen molar-refractivity contribution in [3.8, 4) is 16.9 Å². The first-order chi connectivity index (χ1) is 14.4. The maximum Gasteiger partial charge on any atom is 0.205 e. The molecule has 0 saturated carbocycles. The van der Waals surface area contributed by atoms with Crippen LogP contribution in [0, 0.1) is 11.0 Å². The van der Waals surface area contributed by atoms with Crippen LogP contribution >= 0.6 is 23.2 Å². The van der Waals surface area contributed by atoms with Crippen LogP contribution in [0.1, 0.15) is 18.6 Å². The van der Waals surface area contributed by atoms with Gasteiger partial charge < -0.3 is 25.6 Å². The van der Waals surface area contributed by atoms with Crippen molar-refractivity contribution in [1.29, 1.82) is 0 Å². The van der Waals surface area contributed by atoms with Gasteiger partial charge in [-0.2, -0.15) is 0 Å². The molecule has 30 heavy (non-hydrogen) atoms. The van der Waals surface area contributed by atoms with E-state index in [1.807, 2.05) is 0 Å². The highest BCUT2D eigenvalue weighted by atomic mass is 35.5. The summed E-state index contributed by atoms with van der Waals surface area (Å²) in [6, 6.07) is 5.83. The van der Waals surface area contributed by atoms with Crippen LogP contribution in [0.4, 0.5) is 16.0 Å². The lowest BCUT2D eigenvalue weighted by molar-refractivity contribution is 0.227. The third kappa shape index (κ3) is 3.49. The van der Waals surface area contributed by atoms with E-state index in [1.165, 1.54) is 24.6 Å². The van der Waals surface area contributed by atoms with Crippen LogP contribution in [0.3, 0.4) is 0 Å². The van der Waals surface area contributed by atoms with Gasteiger partial charge in [-0.25, -0.2) is 14.4 Å². The summed E-state index contributed by atoms with van der Waals surface area (Å²) < 4.78 is 25.6. The molecule has 0 saturated heterocycles. The second kappa shape index (κ2) is 7.98. The van der Waals surface area contributed by atoms with Crippen molar-refractivity contribution < 1.29 is 13.5 Å². The quantitative estimate of drug-likeness (QED) is 0.286. The molecule has 0 radical (unpaired) electrons. The monoisotopic (exact) mass is 447 g/mol. The average Bonchev–Trinajstić information content (AvgIpc) is 3.17. The molecule has 7 nitrogen and oxygen atoms in total. The molecule has 1 aromatic carbocycles. The Morgan fingerprint density at radius 1 is 1.20 bits per heavy atom. The molecule has 0 spiro atoms. The zero-order valence-corrected chi connectivity index (χ0v) is 17.0. The van der Waals surface area contributed by atoms with E-state index >= 15 is 0 Å². The summed E-state index contributed by atoms with van der Waals surface area (Å²) in [5.74, 6) is -0.161. The van der Waals surface area contributed by atoms with E-state index in [9.17, 15) is 9.60 Å². The van der Waals surface area contributed by atoms with Crippen LogP contribution in [-0.2, 0) is 0 Å². The SMILES string of the molecule is C[C@@H](Oc1c(N)ncc2c(-c3ccc(N[O-])nc3)coc12)c1c(Cl)ccc(F)c1Cl. The number of anilines is 2. The van der Waals surface area contributed by atoms with E-state index in [1.54, 1.807) is 30.7 Å². The highest BCUT2D eigenvalue weighted by Crippen LogP contribution is 2.41. The van der Waals surface area contributed by atoms with Gasteiger partial charge in [0, 0.05) is 34.1 Å². The molecule has 4 rings (SSSR count). The summed E-state index contributed by atoms with van der Waals surface area (Å²) in [6.07, 6.45) is 3.83. The molecule has 4 aromatic rings. The lowest BCUT2D eigenvalue weighted by Crippen LogP contribution is -2.08. The molecule has 0 aliphatic carbocycles. The topological polar surface area (TPSA) is 109 Å². The van der Waals surface area contributed by atoms with Gasteiger partial charge in [-0.15, -0.1) is 0 Å². The smallest absolute Gasteiger partial charge is 0.205 e. The Labute approximate surface area is 180 Å². The number of furan rings is 1. The van der Waals surface area contributed by atoms with Gasteiger partial charge >= 0.3 is 0 Å². The van der Waals surface area contributed by atoms with Gasteiger partial charge in [-0.1, -0.05) is 23.2 Å². The number of hydrogen-bond donors (Lipinski definition) is 2. The minimum atomic E-state index is -0.743. The van der Waals surface area contributed by atoms with Crippen LogP contribution in [-0.4, -0.2) is 9.97 Å². The van der Waals surface area contributed by atoms with Gasteiger partial charge in [0.15, 0.2) is 11.4 Å². The van der Waals surface area contributed by atoms with Crippen molar-refractivity contribution >= 4 is 45.8 Å². The number of nitrogen functional groups attached to an aromatic ring is 1. The molecule has 154 valence electrons. The molecule has 3 aromatic heterocycles. The van der Waals surface area contributed by atoms with Gasteiger partial charge in [0.2, 0.25) is 5.75 Å². The molecular weight excluding hydrogens is 434 g/mol. The van der Waals surface area contributed by atoms with Crippen molar-refractivity contribution in [1.82, 2.24) is 9.97 Å². The maximum absolute atomic E-state index is 13.9. The van der Waals surface area contributed by atoms with E-state index in [2.05, 4.69) is 9.97 Å². The Morgan fingerprint density at radius 3 is 2.70 bits per heavy atom. The van der Waals surface area contributed by atoms with Crippen molar-refractivity contribution in [3.05, 3.63) is 69.6 Å². The maximum atomic E-state index is 13.9. The molecule has 0 bridgehead atoms. The van der Waals surface area contributed by atoms with Crippen molar-refractivity contribution in [2.24, 2.45) is 0 Å². The predicted molar refractivity (Wildman–Crippen MR) is 114 cm³/mol. The summed E-state index contributed by atoms with van der Waals surface area (Å²) in [5.41, 5.74) is 9.75. The second-order valence-electron chi connectivity index (χ2n) is 6.42. The largest absolute Gasteiger partial charge is 0.760 e. The Balaban J connectivity index is 1.76. The van der Waals surface area contributed by atoms with E-state index in [0.717, 1.165) is 0 Å². The molecule has 3 N–H and O–H groups in total. The Kier molecular flexibility index (Phi) is 5.38. The van der Waals surface area contributed by atoms with Crippen molar-refractivity contribution in [3.63, 3.8) is 0 Å². The Hall–Kier alpha value is -3.07. The molecule has 1 atom stereocenters. The van der Waals surface area contributed by atoms with Crippen LogP contribution in [0.25, 0.3) is 22.1 Å². The number of rotatable bonds is 5. The lowest BCUT2D eigenvalue weighted by Gasteiger charge is -2.18. The molecule has 0 fully saturated rings. The summed E-state index contributed by atoms with van der Waals surface area (Å²) in [7, 11) is 0. The van der Waals surface area contributed by atoms with Crippen molar-refractivity contribution in [2.45, 2.75) is 13.0 Å². The van der Waals surface area contributed by atoms with Crippen molar-refractivity contribution in [2.75, 3.05) is 11.2 Å². The van der Waals surface area contributed by atoms with E-state index < -0.39 is 11.9 Å². The van der Waals surface area contributed by atoms with E-state index in [-0.39, 0.29) is 33.0 Å². The average molecular weight is 448 g/mol. The zero-order chi connectivity index (χ0) is 21.4. The second-order valence-corrected chi connectivity index (χ2v) is 7.20. The molecule has 10 heteroatoms. The normalized spacial score (nSPS) is 12.2. The number of fused-ring (bicyclic) bond motifs is 1. The lowest BCUT2D eigenvalue weighted by atomic mass is 10.1. The summed E-state index contributed by atoms with van der Waals surface area (Å²) in [5, 5.41) is 11.4. The Morgan fingerprint density at radius 2 is 2.00 bits per heavy atom. The molecular formula is C20H14Cl2FN4O3-. The number of pyridine rings is 2.